The lowest BCUT2D eigenvalue weighted by atomic mass is 9.90. The fourth-order valence-corrected chi connectivity index (χ4v) is 7.12. The highest BCUT2D eigenvalue weighted by molar-refractivity contribution is 8.00. The number of fused-ring (bicyclic) bond motifs is 5. The van der Waals surface area contributed by atoms with Crippen LogP contribution in [-0.2, 0) is 22.4 Å². The lowest BCUT2D eigenvalue weighted by Crippen LogP contribution is -2.37. The fourth-order valence-electron chi connectivity index (χ4n) is 5.09. The van der Waals surface area contributed by atoms with Crippen molar-refractivity contribution in [3.8, 4) is 5.75 Å². The summed E-state index contributed by atoms with van der Waals surface area (Å²) in [6.45, 7) is 5.79. The van der Waals surface area contributed by atoms with Gasteiger partial charge in [-0.25, -0.2) is 15.0 Å². The lowest BCUT2D eigenvalue weighted by molar-refractivity contribution is -0.113. The Bertz CT molecular complexity index is 1430. The van der Waals surface area contributed by atoms with E-state index < -0.39 is 0 Å². The number of carbonyl (C=O) groups excluding carboxylic acids is 1. The Morgan fingerprint density at radius 1 is 1.14 bits per heavy atom. The van der Waals surface area contributed by atoms with Gasteiger partial charge in [-0.05, 0) is 68.0 Å². The third kappa shape index (κ3) is 4.97. The molecule has 0 saturated carbocycles. The molecule has 8 nitrogen and oxygen atoms in total. The highest BCUT2D eigenvalue weighted by Gasteiger charge is 2.26. The average molecular weight is 536 g/mol. The van der Waals surface area contributed by atoms with Crippen LogP contribution in [0.3, 0.4) is 0 Å². The number of thioether (sulfide) groups is 1. The predicted molar refractivity (Wildman–Crippen MR) is 149 cm³/mol. The van der Waals surface area contributed by atoms with Crippen LogP contribution in [0.4, 0.5) is 11.5 Å². The van der Waals surface area contributed by atoms with Gasteiger partial charge >= 0.3 is 0 Å². The summed E-state index contributed by atoms with van der Waals surface area (Å²) in [4.78, 5) is 30.5. The molecule has 0 unspecified atom stereocenters. The number of carbonyl (C=O) groups is 1. The normalized spacial score (nSPS) is 15.6. The SMILES string of the molecule is CCOc1ccc(NC(=O)CSc2ncnc3c2sc2nc(N4CCOCC4)c4c(c23)CCCC4)cc1. The summed E-state index contributed by atoms with van der Waals surface area (Å²) >= 11 is 3.08. The molecular weight excluding hydrogens is 506 g/mol. The standard InChI is InChI=1S/C27H29N5O3S2/c1-2-35-18-9-7-17(8-10-18)30-21(33)15-36-27-24-23(28-16-29-27)22-19-5-3-4-6-20(19)25(31-26(22)37-24)32-11-13-34-14-12-32/h7-10,16H,2-6,11-15H2,1H3,(H,30,33). The predicted octanol–water partition coefficient (Wildman–Crippen LogP) is 5.08. The first-order valence-corrected chi connectivity index (χ1v) is 14.6. The van der Waals surface area contributed by atoms with E-state index in [-0.39, 0.29) is 11.7 Å². The minimum absolute atomic E-state index is 0.0767. The summed E-state index contributed by atoms with van der Waals surface area (Å²) < 4.78 is 12.1. The zero-order valence-electron chi connectivity index (χ0n) is 20.8. The molecular formula is C27H29N5O3S2. The van der Waals surface area contributed by atoms with Crippen LogP contribution in [0.2, 0.25) is 0 Å². The number of anilines is 2. The molecule has 6 rings (SSSR count). The summed E-state index contributed by atoms with van der Waals surface area (Å²) in [5, 5.41) is 4.96. The van der Waals surface area contributed by atoms with Crippen molar-refractivity contribution >= 4 is 60.9 Å². The van der Waals surface area contributed by atoms with Gasteiger partial charge in [-0.3, -0.25) is 4.79 Å². The number of hydrogen-bond acceptors (Lipinski definition) is 9. The summed E-state index contributed by atoms with van der Waals surface area (Å²) in [6.07, 6.45) is 6.10. The van der Waals surface area contributed by atoms with Gasteiger partial charge in [0.05, 0.1) is 35.8 Å². The Balaban J connectivity index is 1.27. The van der Waals surface area contributed by atoms with Gasteiger partial charge in [0.2, 0.25) is 5.91 Å². The van der Waals surface area contributed by atoms with Crippen molar-refractivity contribution in [3.05, 3.63) is 41.7 Å². The molecule has 0 bridgehead atoms. The second-order valence-electron chi connectivity index (χ2n) is 9.13. The molecule has 4 heterocycles. The molecule has 1 aromatic carbocycles. The summed E-state index contributed by atoms with van der Waals surface area (Å²) in [7, 11) is 0. The van der Waals surface area contributed by atoms with Crippen molar-refractivity contribution in [2.75, 3.05) is 48.9 Å². The zero-order valence-corrected chi connectivity index (χ0v) is 22.4. The Hall–Kier alpha value is -2.95. The van der Waals surface area contributed by atoms with E-state index in [1.165, 1.54) is 41.1 Å². The topological polar surface area (TPSA) is 89.5 Å². The van der Waals surface area contributed by atoms with Crippen LogP contribution >= 0.6 is 23.1 Å². The number of nitrogens with zero attached hydrogens (tertiary/aromatic N) is 4. The zero-order chi connectivity index (χ0) is 25.2. The van der Waals surface area contributed by atoms with Gasteiger partial charge in [-0.15, -0.1) is 11.3 Å². The van der Waals surface area contributed by atoms with Gasteiger partial charge in [-0.2, -0.15) is 0 Å². The van der Waals surface area contributed by atoms with Gasteiger partial charge in [0.25, 0.3) is 0 Å². The molecule has 10 heteroatoms. The molecule has 1 N–H and O–H groups in total. The maximum Gasteiger partial charge on any atom is 0.234 e. The number of pyridine rings is 1. The summed E-state index contributed by atoms with van der Waals surface area (Å²) in [6, 6.07) is 7.42. The van der Waals surface area contributed by atoms with Gasteiger partial charge in [-0.1, -0.05) is 11.8 Å². The maximum atomic E-state index is 12.7. The van der Waals surface area contributed by atoms with E-state index in [0.29, 0.717) is 6.61 Å². The number of benzene rings is 1. The van der Waals surface area contributed by atoms with Crippen LogP contribution in [0.15, 0.2) is 35.6 Å². The number of nitrogens with one attached hydrogen (secondary N) is 1. The van der Waals surface area contributed by atoms with E-state index in [1.807, 2.05) is 31.2 Å². The molecule has 0 spiro atoms. The molecule has 0 atom stereocenters. The molecule has 1 amide bonds. The van der Waals surface area contributed by atoms with Crippen LogP contribution < -0.4 is 15.0 Å². The monoisotopic (exact) mass is 535 g/mol. The quantitative estimate of drug-likeness (QED) is 0.259. The van der Waals surface area contributed by atoms with Crippen molar-refractivity contribution in [1.82, 2.24) is 15.0 Å². The van der Waals surface area contributed by atoms with E-state index in [9.17, 15) is 4.79 Å². The summed E-state index contributed by atoms with van der Waals surface area (Å²) in [5.74, 6) is 2.09. The minimum atomic E-state index is -0.0767. The van der Waals surface area contributed by atoms with Crippen LogP contribution in [0.25, 0.3) is 20.4 Å². The molecule has 3 aromatic heterocycles. The fraction of sp³-hybridized carbons (Fsp3) is 0.407. The van der Waals surface area contributed by atoms with Crippen LogP contribution in [0.5, 0.6) is 5.75 Å². The molecule has 37 heavy (non-hydrogen) atoms. The molecule has 1 fully saturated rings. The average Bonchev–Trinajstić information content (AvgIpc) is 3.33. The van der Waals surface area contributed by atoms with Gasteiger partial charge in [0.15, 0.2) is 0 Å². The van der Waals surface area contributed by atoms with E-state index in [4.69, 9.17) is 19.4 Å². The van der Waals surface area contributed by atoms with Crippen molar-refractivity contribution < 1.29 is 14.3 Å². The van der Waals surface area contributed by atoms with Crippen LogP contribution in [0, 0.1) is 0 Å². The second kappa shape index (κ2) is 10.8. The van der Waals surface area contributed by atoms with Crippen molar-refractivity contribution in [1.29, 1.82) is 0 Å². The number of aromatic nitrogens is 3. The van der Waals surface area contributed by atoms with Gasteiger partial charge < -0.3 is 19.7 Å². The maximum absolute atomic E-state index is 12.7. The number of hydrogen-bond donors (Lipinski definition) is 1. The highest BCUT2D eigenvalue weighted by atomic mass is 32.2. The highest BCUT2D eigenvalue weighted by Crippen LogP contribution is 2.43. The van der Waals surface area contributed by atoms with E-state index in [1.54, 1.807) is 17.7 Å². The van der Waals surface area contributed by atoms with E-state index >= 15 is 0 Å². The minimum Gasteiger partial charge on any atom is -0.494 e. The van der Waals surface area contributed by atoms with Crippen molar-refractivity contribution in [3.63, 3.8) is 0 Å². The molecule has 0 radical (unpaired) electrons. The third-order valence-electron chi connectivity index (χ3n) is 6.77. The number of aryl methyl sites for hydroxylation is 1. The van der Waals surface area contributed by atoms with Gasteiger partial charge in [0.1, 0.15) is 27.8 Å². The molecule has 1 aliphatic carbocycles. The van der Waals surface area contributed by atoms with Crippen LogP contribution in [-0.4, -0.2) is 59.5 Å². The largest absolute Gasteiger partial charge is 0.494 e. The summed E-state index contributed by atoms with van der Waals surface area (Å²) in [5.41, 5.74) is 4.48. The first-order valence-electron chi connectivity index (χ1n) is 12.8. The smallest absolute Gasteiger partial charge is 0.234 e. The number of morpholine rings is 1. The van der Waals surface area contributed by atoms with Gasteiger partial charge in [0, 0.05) is 24.2 Å². The Labute approximate surface area is 223 Å². The Kier molecular flexibility index (Phi) is 7.12. The molecule has 1 saturated heterocycles. The number of thiophene rings is 1. The second-order valence-corrected chi connectivity index (χ2v) is 11.1. The molecule has 2 aliphatic rings. The Morgan fingerprint density at radius 3 is 2.70 bits per heavy atom. The lowest BCUT2D eigenvalue weighted by Gasteiger charge is -2.31. The third-order valence-corrected chi connectivity index (χ3v) is 8.97. The molecule has 192 valence electrons. The van der Waals surface area contributed by atoms with Crippen molar-refractivity contribution in [2.45, 2.75) is 37.6 Å². The van der Waals surface area contributed by atoms with Crippen LogP contribution in [0.1, 0.15) is 30.9 Å². The van der Waals surface area contributed by atoms with E-state index in [2.05, 4.69) is 15.2 Å². The number of rotatable bonds is 7. The van der Waals surface area contributed by atoms with Crippen molar-refractivity contribution in [2.24, 2.45) is 0 Å². The van der Waals surface area contributed by atoms with E-state index in [0.717, 1.165) is 76.5 Å². The Morgan fingerprint density at radius 2 is 1.92 bits per heavy atom. The molecule has 4 aromatic rings. The number of ether oxygens (including phenoxy) is 2. The molecule has 1 aliphatic heterocycles. The first-order chi connectivity index (χ1) is 18.2. The first kappa shape index (κ1) is 24.4. The number of amides is 1.